The first-order chi connectivity index (χ1) is 14.1. The molecule has 0 bridgehead atoms. The van der Waals surface area contributed by atoms with Crippen LogP contribution in [0.2, 0.25) is 0 Å². The molecule has 150 valence electrons. The second kappa shape index (κ2) is 6.81. The van der Waals surface area contributed by atoms with E-state index in [0.29, 0.717) is 35.6 Å². The van der Waals surface area contributed by atoms with Gasteiger partial charge in [0.05, 0.1) is 19.8 Å². The quantitative estimate of drug-likeness (QED) is 0.734. The standard InChI is InChI=1S/C23H23NO5/c1-13-21-15(11-24(12-28-21)16-7-8-16)9-17-20(25)19(29-22(13)17)10-14-5-4-6-18(26-2)23(14)27-3/h4-6,9-10,16H,7-8,11-12H2,1-3H3/b19-10-. The molecule has 0 saturated heterocycles. The van der Waals surface area contributed by atoms with Crippen LogP contribution in [0.25, 0.3) is 6.08 Å². The number of fused-ring (bicyclic) bond motifs is 2. The molecular weight excluding hydrogens is 370 g/mol. The minimum atomic E-state index is -0.126. The Hall–Kier alpha value is -2.99. The molecule has 0 unspecified atom stereocenters. The molecule has 0 aromatic heterocycles. The van der Waals surface area contributed by atoms with E-state index >= 15 is 0 Å². The molecule has 0 spiro atoms. The molecule has 2 heterocycles. The molecule has 0 amide bonds. The summed E-state index contributed by atoms with van der Waals surface area (Å²) >= 11 is 0. The van der Waals surface area contributed by atoms with E-state index in [2.05, 4.69) is 4.90 Å². The summed E-state index contributed by atoms with van der Waals surface area (Å²) in [6, 6.07) is 8.07. The molecule has 1 aliphatic carbocycles. The number of rotatable bonds is 4. The van der Waals surface area contributed by atoms with Crippen molar-refractivity contribution in [3.63, 3.8) is 0 Å². The molecule has 0 N–H and O–H groups in total. The van der Waals surface area contributed by atoms with Crippen molar-refractivity contribution in [1.29, 1.82) is 0 Å². The number of hydrogen-bond acceptors (Lipinski definition) is 6. The fourth-order valence-electron chi connectivity index (χ4n) is 4.11. The number of hydrogen-bond donors (Lipinski definition) is 0. The number of carbonyl (C=O) groups is 1. The second-order valence-corrected chi connectivity index (χ2v) is 7.64. The monoisotopic (exact) mass is 393 g/mol. The number of para-hydroxylation sites is 1. The van der Waals surface area contributed by atoms with Crippen LogP contribution in [0.5, 0.6) is 23.0 Å². The summed E-state index contributed by atoms with van der Waals surface area (Å²) in [6.07, 6.45) is 4.15. The third-order valence-corrected chi connectivity index (χ3v) is 5.75. The van der Waals surface area contributed by atoms with Crippen LogP contribution in [0.3, 0.4) is 0 Å². The van der Waals surface area contributed by atoms with E-state index in [4.69, 9.17) is 18.9 Å². The summed E-state index contributed by atoms with van der Waals surface area (Å²) < 4.78 is 22.9. The first kappa shape index (κ1) is 18.1. The molecule has 0 atom stereocenters. The Balaban J connectivity index is 1.52. The van der Waals surface area contributed by atoms with E-state index in [-0.39, 0.29) is 11.5 Å². The van der Waals surface area contributed by atoms with Crippen molar-refractivity contribution in [3.8, 4) is 23.0 Å². The maximum Gasteiger partial charge on any atom is 0.231 e. The van der Waals surface area contributed by atoms with Gasteiger partial charge in [-0.05, 0) is 38.0 Å². The Morgan fingerprint density at radius 3 is 2.72 bits per heavy atom. The largest absolute Gasteiger partial charge is 0.493 e. The molecule has 3 aliphatic rings. The number of methoxy groups -OCH3 is 2. The lowest BCUT2D eigenvalue weighted by Crippen LogP contribution is -2.34. The second-order valence-electron chi connectivity index (χ2n) is 7.64. The van der Waals surface area contributed by atoms with Gasteiger partial charge < -0.3 is 18.9 Å². The summed E-state index contributed by atoms with van der Waals surface area (Å²) in [5, 5.41) is 0. The maximum absolute atomic E-state index is 13.1. The van der Waals surface area contributed by atoms with Gasteiger partial charge in [0.1, 0.15) is 18.2 Å². The fraction of sp³-hybridized carbons (Fsp3) is 0.348. The molecule has 1 saturated carbocycles. The lowest BCUT2D eigenvalue weighted by Gasteiger charge is -2.30. The minimum absolute atomic E-state index is 0.126. The van der Waals surface area contributed by atoms with Crippen molar-refractivity contribution in [2.75, 3.05) is 21.0 Å². The number of ether oxygens (including phenoxy) is 4. The Bertz CT molecular complexity index is 1040. The van der Waals surface area contributed by atoms with Gasteiger partial charge in [-0.3, -0.25) is 9.69 Å². The zero-order valence-corrected chi connectivity index (χ0v) is 16.8. The first-order valence-electron chi connectivity index (χ1n) is 9.79. The van der Waals surface area contributed by atoms with Gasteiger partial charge in [-0.15, -0.1) is 0 Å². The van der Waals surface area contributed by atoms with Gasteiger partial charge in [0, 0.05) is 29.3 Å². The smallest absolute Gasteiger partial charge is 0.231 e. The normalized spacial score (nSPS) is 19.4. The molecule has 29 heavy (non-hydrogen) atoms. The average molecular weight is 393 g/mol. The van der Waals surface area contributed by atoms with E-state index in [1.807, 2.05) is 31.2 Å². The Morgan fingerprint density at radius 1 is 1.17 bits per heavy atom. The number of benzene rings is 2. The van der Waals surface area contributed by atoms with Crippen molar-refractivity contribution < 1.29 is 23.7 Å². The summed E-state index contributed by atoms with van der Waals surface area (Å²) in [6.45, 7) is 3.35. The van der Waals surface area contributed by atoms with Crippen LogP contribution >= 0.6 is 0 Å². The summed E-state index contributed by atoms with van der Waals surface area (Å²) in [7, 11) is 3.16. The van der Waals surface area contributed by atoms with Crippen LogP contribution in [-0.4, -0.2) is 37.7 Å². The van der Waals surface area contributed by atoms with E-state index in [9.17, 15) is 4.79 Å². The Labute approximate surface area is 169 Å². The summed E-state index contributed by atoms with van der Waals surface area (Å²) in [4.78, 5) is 15.4. The van der Waals surface area contributed by atoms with E-state index in [0.717, 1.165) is 29.0 Å². The fourth-order valence-corrected chi connectivity index (χ4v) is 4.11. The summed E-state index contributed by atoms with van der Waals surface area (Å²) in [5.74, 6) is 2.74. The minimum Gasteiger partial charge on any atom is -0.493 e. The van der Waals surface area contributed by atoms with Crippen LogP contribution in [0, 0.1) is 6.92 Å². The van der Waals surface area contributed by atoms with Crippen LogP contribution in [0.1, 0.15) is 39.9 Å². The highest BCUT2D eigenvalue weighted by Crippen LogP contribution is 2.45. The number of allylic oxidation sites excluding steroid dienone is 1. The number of Topliss-reactive ketones (excluding diaryl/α,β-unsaturated/α-hetero) is 1. The molecule has 2 aromatic rings. The van der Waals surface area contributed by atoms with Crippen LogP contribution in [-0.2, 0) is 6.54 Å². The van der Waals surface area contributed by atoms with Gasteiger partial charge in [-0.1, -0.05) is 12.1 Å². The Kier molecular flexibility index (Phi) is 4.24. The zero-order chi connectivity index (χ0) is 20.1. The van der Waals surface area contributed by atoms with Crippen LogP contribution in [0.15, 0.2) is 30.0 Å². The van der Waals surface area contributed by atoms with E-state index in [1.165, 1.54) is 12.8 Å². The topological polar surface area (TPSA) is 57.2 Å². The van der Waals surface area contributed by atoms with Gasteiger partial charge in [-0.2, -0.15) is 0 Å². The van der Waals surface area contributed by atoms with Gasteiger partial charge in [0.2, 0.25) is 5.78 Å². The van der Waals surface area contributed by atoms with Gasteiger partial charge >= 0.3 is 0 Å². The van der Waals surface area contributed by atoms with Crippen LogP contribution < -0.4 is 18.9 Å². The molecule has 5 rings (SSSR count). The average Bonchev–Trinajstić information content (AvgIpc) is 3.54. The van der Waals surface area contributed by atoms with Crippen molar-refractivity contribution in [2.24, 2.45) is 0 Å². The Morgan fingerprint density at radius 2 is 2.00 bits per heavy atom. The van der Waals surface area contributed by atoms with Crippen molar-refractivity contribution in [1.82, 2.24) is 4.90 Å². The van der Waals surface area contributed by atoms with Crippen molar-refractivity contribution >= 4 is 11.9 Å². The number of carbonyl (C=O) groups excluding carboxylic acids is 1. The van der Waals surface area contributed by atoms with Gasteiger partial charge in [0.25, 0.3) is 0 Å². The molecule has 6 nitrogen and oxygen atoms in total. The molecule has 2 aliphatic heterocycles. The first-order valence-corrected chi connectivity index (χ1v) is 9.79. The lowest BCUT2D eigenvalue weighted by molar-refractivity contribution is 0.0872. The maximum atomic E-state index is 13.1. The predicted octanol–water partition coefficient (Wildman–Crippen LogP) is 3.94. The SMILES string of the molecule is COc1cccc(/C=C2\Oc3c(cc4c(c3C)OCN(C3CC3)C4)C2=O)c1OC. The van der Waals surface area contributed by atoms with Crippen molar-refractivity contribution in [2.45, 2.75) is 32.4 Å². The summed E-state index contributed by atoms with van der Waals surface area (Å²) in [5.41, 5.74) is 3.25. The van der Waals surface area contributed by atoms with E-state index in [1.54, 1.807) is 20.3 Å². The predicted molar refractivity (Wildman–Crippen MR) is 108 cm³/mol. The highest BCUT2D eigenvalue weighted by Gasteiger charge is 2.37. The number of ketones is 1. The highest BCUT2D eigenvalue weighted by atomic mass is 16.5. The molecule has 0 radical (unpaired) electrons. The third-order valence-electron chi connectivity index (χ3n) is 5.75. The van der Waals surface area contributed by atoms with Crippen molar-refractivity contribution in [3.05, 3.63) is 52.3 Å². The lowest BCUT2D eigenvalue weighted by atomic mass is 10.00. The molecule has 6 heteroatoms. The van der Waals surface area contributed by atoms with E-state index < -0.39 is 0 Å². The highest BCUT2D eigenvalue weighted by molar-refractivity contribution is 6.15. The number of nitrogens with zero attached hydrogens (tertiary/aromatic N) is 1. The van der Waals surface area contributed by atoms with Gasteiger partial charge in [-0.25, -0.2) is 0 Å². The molecule has 1 fully saturated rings. The molecule has 2 aromatic carbocycles. The van der Waals surface area contributed by atoms with Crippen LogP contribution in [0.4, 0.5) is 0 Å². The third kappa shape index (κ3) is 2.95. The zero-order valence-electron chi connectivity index (χ0n) is 16.8. The van der Waals surface area contributed by atoms with Gasteiger partial charge in [0.15, 0.2) is 17.3 Å². The molecular formula is C23H23NO5.